The van der Waals surface area contributed by atoms with Crippen LogP contribution in [0.1, 0.15) is 41.9 Å². The summed E-state index contributed by atoms with van der Waals surface area (Å²) in [4.78, 5) is 20.9. The van der Waals surface area contributed by atoms with Crippen LogP contribution in [0.3, 0.4) is 0 Å². The maximum atomic E-state index is 12.9. The minimum absolute atomic E-state index is 0.0227. The molecular weight excluding hydrogens is 306 g/mol. The molecule has 1 aliphatic rings. The zero-order valence-corrected chi connectivity index (χ0v) is 14.5. The predicted molar refractivity (Wildman–Crippen MR) is 94.8 cm³/mol. The Bertz CT molecular complexity index is 662. The van der Waals surface area contributed by atoms with E-state index in [2.05, 4.69) is 29.0 Å². The molecule has 0 bridgehead atoms. The van der Waals surface area contributed by atoms with Crippen LogP contribution < -0.4 is 5.32 Å². The Labute approximate surface area is 141 Å². The van der Waals surface area contributed by atoms with Gasteiger partial charge in [0.15, 0.2) is 5.13 Å². The molecule has 0 unspecified atom stereocenters. The number of benzene rings is 1. The molecule has 1 N–H and O–H groups in total. The molecule has 3 rings (SSSR count). The highest BCUT2D eigenvalue weighted by Crippen LogP contribution is 2.28. The zero-order chi connectivity index (χ0) is 16.2. The van der Waals surface area contributed by atoms with Gasteiger partial charge in [-0.05, 0) is 44.8 Å². The van der Waals surface area contributed by atoms with Crippen molar-refractivity contribution >= 4 is 22.4 Å². The molecule has 2 aromatic rings. The van der Waals surface area contributed by atoms with Crippen LogP contribution in [-0.4, -0.2) is 28.9 Å². The second kappa shape index (κ2) is 7.23. The summed E-state index contributed by atoms with van der Waals surface area (Å²) in [5.41, 5.74) is 2.12. The molecule has 1 aromatic heterocycles. The topological polar surface area (TPSA) is 45.2 Å². The number of anilines is 1. The summed E-state index contributed by atoms with van der Waals surface area (Å²) >= 11 is 1.56. The van der Waals surface area contributed by atoms with Crippen molar-refractivity contribution in [2.75, 3.05) is 18.4 Å². The number of nitrogens with one attached hydrogen (secondary N) is 1. The highest BCUT2D eigenvalue weighted by atomic mass is 32.1. The van der Waals surface area contributed by atoms with E-state index in [0.717, 1.165) is 43.6 Å². The third-order valence-corrected chi connectivity index (χ3v) is 5.26. The van der Waals surface area contributed by atoms with E-state index in [1.165, 1.54) is 4.88 Å². The quantitative estimate of drug-likeness (QED) is 0.908. The predicted octanol–water partition coefficient (Wildman–Crippen LogP) is 3.79. The SMILES string of the molecule is CCc1nc(NC(=O)[C@@H](c2ccccc2)N2CCCC2)sc1C. The molecule has 1 aromatic carbocycles. The lowest BCUT2D eigenvalue weighted by molar-refractivity contribution is -0.121. The number of rotatable bonds is 5. The monoisotopic (exact) mass is 329 g/mol. The molecule has 0 spiro atoms. The van der Waals surface area contributed by atoms with Crippen LogP contribution in [0.25, 0.3) is 0 Å². The third kappa shape index (κ3) is 3.62. The summed E-state index contributed by atoms with van der Waals surface area (Å²) in [6, 6.07) is 9.82. The second-order valence-electron chi connectivity index (χ2n) is 5.92. The molecule has 4 nitrogen and oxygen atoms in total. The molecule has 5 heteroatoms. The van der Waals surface area contributed by atoms with Crippen molar-refractivity contribution in [3.05, 3.63) is 46.5 Å². The standard InChI is InChI=1S/C18H23N3OS/c1-3-15-13(2)23-18(19-15)20-17(22)16(21-11-7-8-12-21)14-9-5-4-6-10-14/h4-6,9-10,16H,3,7-8,11-12H2,1-2H3,(H,19,20,22)/t16-/m1/s1. The fraction of sp³-hybridized carbons (Fsp3) is 0.444. The number of amides is 1. The molecule has 0 aliphatic carbocycles. The van der Waals surface area contributed by atoms with Crippen molar-refractivity contribution in [1.29, 1.82) is 0 Å². The number of hydrogen-bond acceptors (Lipinski definition) is 4. The summed E-state index contributed by atoms with van der Waals surface area (Å²) in [7, 11) is 0. The lowest BCUT2D eigenvalue weighted by Gasteiger charge is -2.26. The van der Waals surface area contributed by atoms with Crippen LogP contribution in [0.5, 0.6) is 0 Å². The van der Waals surface area contributed by atoms with E-state index >= 15 is 0 Å². The van der Waals surface area contributed by atoms with Gasteiger partial charge in [0.2, 0.25) is 5.91 Å². The Morgan fingerprint density at radius 2 is 2.00 bits per heavy atom. The van der Waals surface area contributed by atoms with Gasteiger partial charge in [0.1, 0.15) is 6.04 Å². The fourth-order valence-corrected chi connectivity index (χ4v) is 4.05. The zero-order valence-electron chi connectivity index (χ0n) is 13.7. The van der Waals surface area contributed by atoms with Crippen molar-refractivity contribution in [2.24, 2.45) is 0 Å². The molecule has 1 atom stereocenters. The van der Waals surface area contributed by atoms with Crippen LogP contribution in [0.15, 0.2) is 30.3 Å². The Balaban J connectivity index is 1.82. The van der Waals surface area contributed by atoms with Crippen molar-refractivity contribution in [3.8, 4) is 0 Å². The van der Waals surface area contributed by atoms with Crippen LogP contribution in [0, 0.1) is 6.92 Å². The highest BCUT2D eigenvalue weighted by Gasteiger charge is 2.30. The van der Waals surface area contributed by atoms with E-state index in [1.807, 2.05) is 30.3 Å². The van der Waals surface area contributed by atoms with Gasteiger partial charge in [-0.15, -0.1) is 11.3 Å². The van der Waals surface area contributed by atoms with Gasteiger partial charge in [-0.25, -0.2) is 4.98 Å². The first-order chi connectivity index (χ1) is 11.2. The second-order valence-corrected chi connectivity index (χ2v) is 7.12. The first-order valence-corrected chi connectivity index (χ1v) is 9.07. The van der Waals surface area contributed by atoms with Gasteiger partial charge in [-0.2, -0.15) is 0 Å². The molecule has 1 aliphatic heterocycles. The highest BCUT2D eigenvalue weighted by molar-refractivity contribution is 7.15. The van der Waals surface area contributed by atoms with Crippen molar-refractivity contribution in [3.63, 3.8) is 0 Å². The Kier molecular flexibility index (Phi) is 5.08. The van der Waals surface area contributed by atoms with Gasteiger partial charge < -0.3 is 5.32 Å². The number of aryl methyl sites for hydroxylation is 2. The number of nitrogens with zero attached hydrogens (tertiary/aromatic N) is 2. The van der Waals surface area contributed by atoms with Gasteiger partial charge in [-0.1, -0.05) is 37.3 Å². The summed E-state index contributed by atoms with van der Waals surface area (Å²) in [5, 5.41) is 3.75. The van der Waals surface area contributed by atoms with Gasteiger partial charge >= 0.3 is 0 Å². The number of aromatic nitrogens is 1. The largest absolute Gasteiger partial charge is 0.300 e. The number of carbonyl (C=O) groups is 1. The molecule has 1 amide bonds. The number of thiazole rings is 1. The molecule has 122 valence electrons. The summed E-state index contributed by atoms with van der Waals surface area (Å²) < 4.78 is 0. The lowest BCUT2D eigenvalue weighted by Crippen LogP contribution is -2.35. The average molecular weight is 329 g/mol. The fourth-order valence-electron chi connectivity index (χ4n) is 3.15. The first-order valence-electron chi connectivity index (χ1n) is 8.25. The van der Waals surface area contributed by atoms with Crippen molar-refractivity contribution < 1.29 is 4.79 Å². The summed E-state index contributed by atoms with van der Waals surface area (Å²) in [6.07, 6.45) is 3.21. The van der Waals surface area contributed by atoms with Crippen molar-refractivity contribution in [1.82, 2.24) is 9.88 Å². The van der Waals surface area contributed by atoms with Crippen LogP contribution in [0.2, 0.25) is 0 Å². The molecule has 0 radical (unpaired) electrons. The molecular formula is C18H23N3OS. The van der Waals surface area contributed by atoms with E-state index in [0.29, 0.717) is 5.13 Å². The van der Waals surface area contributed by atoms with E-state index in [1.54, 1.807) is 11.3 Å². The van der Waals surface area contributed by atoms with Crippen LogP contribution >= 0.6 is 11.3 Å². The van der Waals surface area contributed by atoms with Crippen LogP contribution in [-0.2, 0) is 11.2 Å². The number of hydrogen-bond donors (Lipinski definition) is 1. The van der Waals surface area contributed by atoms with Gasteiger partial charge in [-0.3, -0.25) is 9.69 Å². The molecule has 0 saturated carbocycles. The van der Waals surface area contributed by atoms with Gasteiger partial charge in [0.05, 0.1) is 5.69 Å². The van der Waals surface area contributed by atoms with Crippen LogP contribution in [0.4, 0.5) is 5.13 Å². The third-order valence-electron chi connectivity index (χ3n) is 4.33. The lowest BCUT2D eigenvalue weighted by atomic mass is 10.1. The maximum Gasteiger partial charge on any atom is 0.248 e. The normalized spacial score (nSPS) is 16.4. The maximum absolute atomic E-state index is 12.9. The summed E-state index contributed by atoms with van der Waals surface area (Å²) in [5.74, 6) is 0.0227. The van der Waals surface area contributed by atoms with E-state index < -0.39 is 0 Å². The number of carbonyl (C=O) groups excluding carboxylic acids is 1. The molecule has 1 fully saturated rings. The first kappa shape index (κ1) is 16.1. The minimum Gasteiger partial charge on any atom is -0.300 e. The van der Waals surface area contributed by atoms with Gasteiger partial charge in [0.25, 0.3) is 0 Å². The smallest absolute Gasteiger partial charge is 0.248 e. The van der Waals surface area contributed by atoms with E-state index in [-0.39, 0.29) is 11.9 Å². The molecule has 23 heavy (non-hydrogen) atoms. The number of likely N-dealkylation sites (tertiary alicyclic amines) is 1. The Hall–Kier alpha value is -1.72. The van der Waals surface area contributed by atoms with Gasteiger partial charge in [0, 0.05) is 4.88 Å². The molecule has 1 saturated heterocycles. The van der Waals surface area contributed by atoms with E-state index in [9.17, 15) is 4.79 Å². The summed E-state index contributed by atoms with van der Waals surface area (Å²) in [6.45, 7) is 6.10. The Morgan fingerprint density at radius 1 is 1.30 bits per heavy atom. The molecule has 2 heterocycles. The minimum atomic E-state index is -0.229. The average Bonchev–Trinajstić information content (AvgIpc) is 3.18. The Morgan fingerprint density at radius 3 is 2.61 bits per heavy atom. The van der Waals surface area contributed by atoms with E-state index in [4.69, 9.17) is 0 Å². The van der Waals surface area contributed by atoms with Crippen molar-refractivity contribution in [2.45, 2.75) is 39.2 Å².